The van der Waals surface area contributed by atoms with E-state index in [0.29, 0.717) is 0 Å². The standard InChI is InChI=1S/C15H22BrClN2O/c1-3-6-19-7-8-20-14(10-18-2)15(19)11-4-5-12(16)13(17)9-11/h4-5,9,14-15,18H,3,6-8,10H2,1-2H3. The molecule has 1 N–H and O–H groups in total. The fraction of sp³-hybridized carbons (Fsp3) is 0.600. The predicted molar refractivity (Wildman–Crippen MR) is 87.4 cm³/mol. The minimum Gasteiger partial charge on any atom is -0.374 e. The van der Waals surface area contributed by atoms with Crippen molar-refractivity contribution in [1.29, 1.82) is 0 Å². The van der Waals surface area contributed by atoms with Crippen LogP contribution in [-0.4, -0.2) is 44.3 Å². The summed E-state index contributed by atoms with van der Waals surface area (Å²) in [5.74, 6) is 0. The quantitative estimate of drug-likeness (QED) is 0.869. The van der Waals surface area contributed by atoms with E-state index in [2.05, 4.69) is 45.2 Å². The first-order chi connectivity index (χ1) is 9.67. The van der Waals surface area contributed by atoms with Gasteiger partial charge in [0.25, 0.3) is 0 Å². The summed E-state index contributed by atoms with van der Waals surface area (Å²) in [6.45, 7) is 5.92. The second kappa shape index (κ2) is 7.76. The number of benzene rings is 1. The monoisotopic (exact) mass is 360 g/mol. The molecule has 5 heteroatoms. The molecule has 1 aliphatic heterocycles. The first kappa shape index (κ1) is 16.2. The number of rotatable bonds is 5. The number of morpholine rings is 1. The lowest BCUT2D eigenvalue weighted by Crippen LogP contribution is -2.48. The van der Waals surface area contributed by atoms with E-state index in [9.17, 15) is 0 Å². The fourth-order valence-electron chi connectivity index (χ4n) is 2.82. The number of nitrogens with zero attached hydrogens (tertiary/aromatic N) is 1. The van der Waals surface area contributed by atoms with Gasteiger partial charge in [-0.25, -0.2) is 0 Å². The Hall–Kier alpha value is -0.130. The molecule has 0 bridgehead atoms. The second-order valence-electron chi connectivity index (χ2n) is 5.12. The van der Waals surface area contributed by atoms with E-state index in [4.69, 9.17) is 16.3 Å². The van der Waals surface area contributed by atoms with E-state index in [-0.39, 0.29) is 12.1 Å². The van der Waals surface area contributed by atoms with Gasteiger partial charge in [0.15, 0.2) is 0 Å². The Morgan fingerprint density at radius 3 is 2.95 bits per heavy atom. The molecule has 0 amide bonds. The van der Waals surface area contributed by atoms with Crippen LogP contribution in [-0.2, 0) is 4.74 Å². The van der Waals surface area contributed by atoms with Crippen molar-refractivity contribution in [3.8, 4) is 0 Å². The van der Waals surface area contributed by atoms with Gasteiger partial charge in [-0.15, -0.1) is 0 Å². The molecule has 2 atom stereocenters. The Balaban J connectivity index is 2.29. The van der Waals surface area contributed by atoms with Crippen LogP contribution in [0.15, 0.2) is 22.7 Å². The van der Waals surface area contributed by atoms with E-state index >= 15 is 0 Å². The van der Waals surface area contributed by atoms with Gasteiger partial charge in [-0.2, -0.15) is 0 Å². The van der Waals surface area contributed by atoms with Gasteiger partial charge in [0.05, 0.1) is 23.8 Å². The molecule has 2 rings (SSSR count). The zero-order valence-electron chi connectivity index (χ0n) is 12.0. The zero-order valence-corrected chi connectivity index (χ0v) is 14.4. The van der Waals surface area contributed by atoms with Crippen molar-refractivity contribution in [2.75, 3.05) is 33.3 Å². The smallest absolute Gasteiger partial charge is 0.0896 e. The summed E-state index contributed by atoms with van der Waals surface area (Å²) in [4.78, 5) is 2.51. The van der Waals surface area contributed by atoms with Gasteiger partial charge in [0, 0.05) is 17.6 Å². The Labute approximate surface area is 134 Å². The summed E-state index contributed by atoms with van der Waals surface area (Å²) < 4.78 is 6.91. The highest BCUT2D eigenvalue weighted by Crippen LogP contribution is 2.33. The predicted octanol–water partition coefficient (Wildman–Crippen LogP) is 3.47. The van der Waals surface area contributed by atoms with Crippen LogP contribution in [0, 0.1) is 0 Å². The molecule has 0 saturated carbocycles. The van der Waals surface area contributed by atoms with E-state index < -0.39 is 0 Å². The van der Waals surface area contributed by atoms with Crippen LogP contribution in [0.3, 0.4) is 0 Å². The lowest BCUT2D eigenvalue weighted by Gasteiger charge is -2.41. The molecule has 0 spiro atoms. The van der Waals surface area contributed by atoms with Crippen molar-refractivity contribution >= 4 is 27.5 Å². The van der Waals surface area contributed by atoms with Crippen LogP contribution >= 0.6 is 27.5 Å². The van der Waals surface area contributed by atoms with Crippen LogP contribution < -0.4 is 5.32 Å². The van der Waals surface area contributed by atoms with Gasteiger partial charge < -0.3 is 10.1 Å². The number of ether oxygens (including phenoxy) is 1. The molecule has 1 saturated heterocycles. The summed E-state index contributed by atoms with van der Waals surface area (Å²) in [6, 6.07) is 6.48. The number of likely N-dealkylation sites (N-methyl/N-ethyl adjacent to an activating group) is 1. The molecular formula is C15H22BrClN2O. The van der Waals surface area contributed by atoms with Crippen LogP contribution in [0.1, 0.15) is 24.9 Å². The van der Waals surface area contributed by atoms with Crippen molar-refractivity contribution < 1.29 is 4.74 Å². The molecule has 20 heavy (non-hydrogen) atoms. The number of hydrogen-bond acceptors (Lipinski definition) is 3. The Kier molecular flexibility index (Phi) is 6.30. The first-order valence-corrected chi connectivity index (χ1v) is 8.29. The normalized spacial score (nSPS) is 24.0. The van der Waals surface area contributed by atoms with Gasteiger partial charge in [-0.1, -0.05) is 24.6 Å². The first-order valence-electron chi connectivity index (χ1n) is 7.12. The van der Waals surface area contributed by atoms with Crippen LogP contribution in [0.2, 0.25) is 5.02 Å². The van der Waals surface area contributed by atoms with Crippen molar-refractivity contribution in [3.63, 3.8) is 0 Å². The van der Waals surface area contributed by atoms with Gasteiger partial charge in [0.1, 0.15) is 0 Å². The molecule has 0 aliphatic carbocycles. The van der Waals surface area contributed by atoms with Gasteiger partial charge in [-0.3, -0.25) is 4.90 Å². The van der Waals surface area contributed by atoms with E-state index in [1.807, 2.05) is 13.1 Å². The van der Waals surface area contributed by atoms with E-state index in [1.165, 1.54) is 5.56 Å². The summed E-state index contributed by atoms with van der Waals surface area (Å²) >= 11 is 9.72. The maximum atomic E-state index is 6.26. The Morgan fingerprint density at radius 2 is 2.30 bits per heavy atom. The summed E-state index contributed by atoms with van der Waals surface area (Å²) in [7, 11) is 1.97. The van der Waals surface area contributed by atoms with Gasteiger partial charge in [0.2, 0.25) is 0 Å². The van der Waals surface area contributed by atoms with Crippen molar-refractivity contribution in [2.45, 2.75) is 25.5 Å². The fourth-order valence-corrected chi connectivity index (χ4v) is 3.25. The largest absolute Gasteiger partial charge is 0.374 e. The van der Waals surface area contributed by atoms with Gasteiger partial charge in [-0.05, 0) is 53.6 Å². The lowest BCUT2D eigenvalue weighted by molar-refractivity contribution is -0.0704. The third-order valence-electron chi connectivity index (χ3n) is 3.66. The average Bonchev–Trinajstić information content (AvgIpc) is 2.43. The summed E-state index contributed by atoms with van der Waals surface area (Å²) in [5, 5.41) is 3.99. The molecule has 0 radical (unpaired) electrons. The van der Waals surface area contributed by atoms with Crippen molar-refractivity contribution in [1.82, 2.24) is 10.2 Å². The molecule has 1 fully saturated rings. The topological polar surface area (TPSA) is 24.5 Å². The SMILES string of the molecule is CCCN1CCOC(CNC)C1c1ccc(Br)c(Cl)c1. The molecule has 3 nitrogen and oxygen atoms in total. The summed E-state index contributed by atoms with van der Waals surface area (Å²) in [6.07, 6.45) is 1.31. The third kappa shape index (κ3) is 3.74. The van der Waals surface area contributed by atoms with E-state index in [0.717, 1.165) is 42.2 Å². The second-order valence-corrected chi connectivity index (χ2v) is 6.38. The summed E-state index contributed by atoms with van der Waals surface area (Å²) in [5.41, 5.74) is 1.23. The molecule has 1 aromatic rings. The lowest BCUT2D eigenvalue weighted by atomic mass is 9.97. The molecule has 1 heterocycles. The van der Waals surface area contributed by atoms with Crippen LogP contribution in [0.4, 0.5) is 0 Å². The van der Waals surface area contributed by atoms with Gasteiger partial charge >= 0.3 is 0 Å². The minimum absolute atomic E-state index is 0.164. The molecule has 1 aliphatic rings. The Bertz CT molecular complexity index is 426. The number of halogens is 2. The number of hydrogen-bond donors (Lipinski definition) is 1. The molecule has 2 unspecified atom stereocenters. The number of nitrogens with one attached hydrogen (secondary N) is 1. The maximum Gasteiger partial charge on any atom is 0.0896 e. The Morgan fingerprint density at radius 1 is 1.50 bits per heavy atom. The molecular weight excluding hydrogens is 340 g/mol. The molecule has 112 valence electrons. The third-order valence-corrected chi connectivity index (χ3v) is 4.89. The highest BCUT2D eigenvalue weighted by molar-refractivity contribution is 9.10. The molecule has 0 aromatic heterocycles. The highest BCUT2D eigenvalue weighted by atomic mass is 79.9. The zero-order chi connectivity index (χ0) is 14.5. The average molecular weight is 362 g/mol. The van der Waals surface area contributed by atoms with E-state index in [1.54, 1.807) is 0 Å². The van der Waals surface area contributed by atoms with Crippen LogP contribution in [0.5, 0.6) is 0 Å². The van der Waals surface area contributed by atoms with Crippen molar-refractivity contribution in [2.24, 2.45) is 0 Å². The van der Waals surface area contributed by atoms with Crippen LogP contribution in [0.25, 0.3) is 0 Å². The minimum atomic E-state index is 0.164. The highest BCUT2D eigenvalue weighted by Gasteiger charge is 2.32. The van der Waals surface area contributed by atoms with Crippen molar-refractivity contribution in [3.05, 3.63) is 33.3 Å². The molecule has 1 aromatic carbocycles. The maximum absolute atomic E-state index is 6.26.